The summed E-state index contributed by atoms with van der Waals surface area (Å²) in [6, 6.07) is 7.52. The Morgan fingerprint density at radius 3 is 1.62 bits per heavy atom. The van der Waals surface area contributed by atoms with Crippen LogP contribution in [0, 0.1) is 23.7 Å². The molecule has 2 N–H and O–H groups in total. The molecule has 0 amide bonds. The van der Waals surface area contributed by atoms with Crippen molar-refractivity contribution in [3.05, 3.63) is 53.1 Å². The Balaban J connectivity index is 0.000000172. The lowest BCUT2D eigenvalue weighted by molar-refractivity contribution is -0.116. The van der Waals surface area contributed by atoms with Gasteiger partial charge in [0.1, 0.15) is 33.3 Å². The van der Waals surface area contributed by atoms with E-state index in [9.17, 15) is 22.4 Å². The molecule has 4 unspecified atom stereocenters. The van der Waals surface area contributed by atoms with Crippen molar-refractivity contribution in [3.8, 4) is 21.1 Å². The van der Waals surface area contributed by atoms with Crippen molar-refractivity contribution in [2.45, 2.75) is 40.0 Å². The molecule has 45 heavy (non-hydrogen) atoms. The van der Waals surface area contributed by atoms with Crippen LogP contribution in [-0.4, -0.2) is 63.7 Å². The van der Waals surface area contributed by atoms with Gasteiger partial charge in [0.25, 0.3) is 11.8 Å². The minimum Gasteiger partial charge on any atom is -0.383 e. The molecule has 4 atom stereocenters. The number of carbonyl (C=O) groups is 1. The first kappa shape index (κ1) is 32.7. The van der Waals surface area contributed by atoms with Crippen molar-refractivity contribution in [2.24, 2.45) is 23.7 Å². The summed E-state index contributed by atoms with van der Waals surface area (Å²) in [7, 11) is 0. The van der Waals surface area contributed by atoms with Crippen LogP contribution in [0.3, 0.4) is 0 Å². The number of fused-ring (bicyclic) bond motifs is 2. The summed E-state index contributed by atoms with van der Waals surface area (Å²) in [5.41, 5.74) is 8.13. The summed E-state index contributed by atoms with van der Waals surface area (Å²) >= 11 is 2.93. The van der Waals surface area contributed by atoms with E-state index >= 15 is 0 Å². The number of carbonyl (C=O) groups excluding carboxylic acids is 1. The van der Waals surface area contributed by atoms with Gasteiger partial charge in [-0.3, -0.25) is 4.79 Å². The molecule has 4 aliphatic rings. The van der Waals surface area contributed by atoms with Gasteiger partial charge in [-0.2, -0.15) is 0 Å². The second-order valence-electron chi connectivity index (χ2n) is 11.5. The third-order valence-corrected chi connectivity index (χ3v) is 10.4. The van der Waals surface area contributed by atoms with Crippen molar-refractivity contribution in [1.29, 1.82) is 0 Å². The summed E-state index contributed by atoms with van der Waals surface area (Å²) in [6.07, 6.45) is 3.77. The maximum atomic E-state index is 13.2. The van der Waals surface area contributed by atoms with E-state index in [-0.39, 0.29) is 20.6 Å². The van der Waals surface area contributed by atoms with E-state index in [2.05, 4.69) is 19.9 Å². The minimum atomic E-state index is -2.47. The molecule has 2 aliphatic heterocycles. The van der Waals surface area contributed by atoms with E-state index in [1.165, 1.54) is 22.7 Å². The van der Waals surface area contributed by atoms with Crippen LogP contribution in [0.15, 0.2) is 47.4 Å². The average molecular weight is 662 g/mol. The standard InChI is InChI=1S/C16H15F2N3OS.C13H12F2N4S.2CH4/c1-9(22)4-11-8-23-15(20-11)10-2-3-14(19-5-10)21-6-12-13(7-21)16(12,17)18;14-13(15)8-4-19(5-9(8)13)11-2-1-7(3-17-11)12-18-10(16)6-20-12;;/h2-3,5,8,12-13H,4,6-7H2,1H3;1-3,6,8-9H,4-5,16H2;2*1H4. The Bertz CT molecular complexity index is 1630. The number of anilines is 3. The number of Topliss-reactive ketones (excluding diaryl/α,β-unsaturated/α-hetero) is 1. The van der Waals surface area contributed by atoms with Gasteiger partial charge in [-0.25, -0.2) is 37.5 Å². The molecule has 8 rings (SSSR count). The lowest BCUT2D eigenvalue weighted by atomic mass is 10.2. The lowest BCUT2D eigenvalue weighted by Gasteiger charge is -2.20. The quantitative estimate of drug-likeness (QED) is 0.225. The molecule has 2 saturated carbocycles. The Morgan fingerprint density at radius 2 is 1.24 bits per heavy atom. The molecule has 2 aliphatic carbocycles. The number of halogens is 4. The first-order valence-corrected chi connectivity index (χ1v) is 15.6. The van der Waals surface area contributed by atoms with Crippen LogP contribution in [0.1, 0.15) is 27.5 Å². The molecule has 8 nitrogen and oxygen atoms in total. The molecule has 4 aromatic rings. The van der Waals surface area contributed by atoms with Crippen LogP contribution in [-0.2, 0) is 11.2 Å². The van der Waals surface area contributed by atoms with Crippen LogP contribution in [0.4, 0.5) is 35.0 Å². The van der Waals surface area contributed by atoms with Crippen LogP contribution in [0.2, 0.25) is 0 Å². The number of alkyl halides is 4. The van der Waals surface area contributed by atoms with Crippen molar-refractivity contribution in [1.82, 2.24) is 19.9 Å². The highest BCUT2D eigenvalue weighted by atomic mass is 32.1. The largest absolute Gasteiger partial charge is 0.383 e. The van der Waals surface area contributed by atoms with Crippen LogP contribution >= 0.6 is 22.7 Å². The van der Waals surface area contributed by atoms with Crippen LogP contribution in [0.25, 0.3) is 21.1 Å². The van der Waals surface area contributed by atoms with E-state index in [1.54, 1.807) is 24.7 Å². The summed E-state index contributed by atoms with van der Waals surface area (Å²) in [4.78, 5) is 32.3. The van der Waals surface area contributed by atoms with Gasteiger partial charge in [0.05, 0.1) is 29.4 Å². The van der Waals surface area contributed by atoms with Gasteiger partial charge in [0.2, 0.25) is 0 Å². The molecule has 0 aromatic carbocycles. The van der Waals surface area contributed by atoms with Gasteiger partial charge >= 0.3 is 0 Å². The maximum absolute atomic E-state index is 13.2. The Kier molecular flexibility index (Phi) is 8.68. The number of pyridine rings is 2. The Hall–Kier alpha value is -3.65. The van der Waals surface area contributed by atoms with E-state index in [0.29, 0.717) is 38.4 Å². The van der Waals surface area contributed by atoms with Crippen molar-refractivity contribution >= 4 is 45.9 Å². The zero-order valence-electron chi connectivity index (χ0n) is 23.0. The predicted octanol–water partition coefficient (Wildman–Crippen LogP) is 6.80. The summed E-state index contributed by atoms with van der Waals surface area (Å²) in [5.74, 6) is -4.83. The van der Waals surface area contributed by atoms with E-state index in [4.69, 9.17) is 5.73 Å². The number of thiazole rings is 2. The first-order chi connectivity index (χ1) is 20.5. The molecule has 14 heteroatoms. The first-order valence-electron chi connectivity index (χ1n) is 13.8. The number of nitrogens with zero attached hydrogens (tertiary/aromatic N) is 6. The van der Waals surface area contributed by atoms with Gasteiger partial charge < -0.3 is 15.5 Å². The second kappa shape index (κ2) is 11.9. The van der Waals surface area contributed by atoms with Crippen molar-refractivity contribution < 1.29 is 22.4 Å². The SMILES string of the molecule is C.C.CC(=O)Cc1csc(-c2ccc(N3CC4C(C3)C4(F)F)nc2)n1.Nc1csc(-c2ccc(N3CC4C(C3)C4(F)F)nc2)n1. The van der Waals surface area contributed by atoms with Crippen molar-refractivity contribution in [2.75, 3.05) is 41.7 Å². The smallest absolute Gasteiger partial charge is 0.258 e. The molecule has 6 heterocycles. The number of hydrogen-bond donors (Lipinski definition) is 1. The number of aromatic nitrogens is 4. The van der Waals surface area contributed by atoms with Gasteiger partial charge in [0.15, 0.2) is 0 Å². The molecule has 2 saturated heterocycles. The second-order valence-corrected chi connectivity index (χ2v) is 13.2. The fraction of sp³-hybridized carbons (Fsp3) is 0.452. The van der Waals surface area contributed by atoms with Gasteiger partial charge in [-0.15, -0.1) is 22.7 Å². The molecule has 4 fully saturated rings. The van der Waals surface area contributed by atoms with E-state index < -0.39 is 35.5 Å². The number of nitrogens with two attached hydrogens (primary N) is 1. The topological polar surface area (TPSA) is 101 Å². The zero-order chi connectivity index (χ0) is 30.1. The van der Waals surface area contributed by atoms with Crippen LogP contribution < -0.4 is 15.5 Å². The third kappa shape index (κ3) is 6.14. The molecule has 0 spiro atoms. The molecule has 0 bridgehead atoms. The normalized spacial score (nSPS) is 24.4. The van der Waals surface area contributed by atoms with Gasteiger partial charge in [0, 0.05) is 66.9 Å². The molecular weight excluding hydrogens is 627 g/mol. The lowest BCUT2D eigenvalue weighted by Crippen LogP contribution is -2.27. The number of rotatable bonds is 6. The average Bonchev–Trinajstić information content (AvgIpc) is 3.56. The Labute approximate surface area is 267 Å². The fourth-order valence-corrected chi connectivity index (χ4v) is 7.49. The monoisotopic (exact) mass is 661 g/mol. The molecule has 4 aromatic heterocycles. The predicted molar refractivity (Wildman–Crippen MR) is 171 cm³/mol. The summed E-state index contributed by atoms with van der Waals surface area (Å²) in [6.45, 7) is 3.09. The number of hydrogen-bond acceptors (Lipinski definition) is 10. The van der Waals surface area contributed by atoms with Gasteiger partial charge in [-0.1, -0.05) is 14.9 Å². The van der Waals surface area contributed by atoms with E-state index in [0.717, 1.165) is 38.5 Å². The van der Waals surface area contributed by atoms with Crippen molar-refractivity contribution in [3.63, 3.8) is 0 Å². The third-order valence-electron chi connectivity index (χ3n) is 8.54. The number of nitrogen functional groups attached to an aromatic ring is 1. The highest BCUT2D eigenvalue weighted by Gasteiger charge is 2.72. The molecule has 240 valence electrons. The number of piperidine rings is 2. The summed E-state index contributed by atoms with van der Waals surface area (Å²) < 4.78 is 52.8. The summed E-state index contributed by atoms with van der Waals surface area (Å²) in [5, 5.41) is 5.29. The highest BCUT2D eigenvalue weighted by Crippen LogP contribution is 2.60. The van der Waals surface area contributed by atoms with Gasteiger partial charge in [-0.05, 0) is 31.2 Å². The molecular formula is C31H35F4N7OS2. The Morgan fingerprint density at radius 1 is 0.800 bits per heavy atom. The fourth-order valence-electron chi connectivity index (χ4n) is 5.98. The number of ketones is 1. The van der Waals surface area contributed by atoms with E-state index in [1.807, 2.05) is 39.4 Å². The maximum Gasteiger partial charge on any atom is 0.258 e. The minimum absolute atomic E-state index is 0. The van der Waals surface area contributed by atoms with Crippen LogP contribution in [0.5, 0.6) is 0 Å². The highest BCUT2D eigenvalue weighted by molar-refractivity contribution is 7.13. The zero-order valence-corrected chi connectivity index (χ0v) is 24.6. The molecule has 0 radical (unpaired) electrons.